The Kier molecular flexibility index (Phi) is 5.62. The molecule has 1 aromatic heterocycles. The number of nitrogens with zero attached hydrogens (tertiary/aromatic N) is 3. The standard InChI is InChI=1S/C17H15ClF3N3O3S/c18-12-3-1-2-11(8-12)9-14-22-10-13(15(23-14)17(19,20)21)16(25)24-4-6-28(26,27)7-5-24/h1-3,8,10H,4-7,9H2. The highest BCUT2D eigenvalue weighted by atomic mass is 35.5. The second kappa shape index (κ2) is 7.67. The quantitative estimate of drug-likeness (QED) is 0.743. The number of halogens is 4. The van der Waals surface area contributed by atoms with Crippen molar-refractivity contribution in [2.75, 3.05) is 24.6 Å². The molecule has 28 heavy (non-hydrogen) atoms. The summed E-state index contributed by atoms with van der Waals surface area (Å²) in [5, 5.41) is 0.431. The molecule has 1 aliphatic heterocycles. The normalized spacial score (nSPS) is 16.8. The van der Waals surface area contributed by atoms with Crippen molar-refractivity contribution in [2.45, 2.75) is 12.6 Å². The van der Waals surface area contributed by atoms with Gasteiger partial charge in [-0.1, -0.05) is 23.7 Å². The monoisotopic (exact) mass is 433 g/mol. The molecule has 0 saturated carbocycles. The molecule has 1 aromatic carbocycles. The molecule has 0 spiro atoms. The van der Waals surface area contributed by atoms with E-state index in [0.29, 0.717) is 10.6 Å². The summed E-state index contributed by atoms with van der Waals surface area (Å²) in [6.07, 6.45) is -4.00. The minimum atomic E-state index is -4.86. The topological polar surface area (TPSA) is 80.2 Å². The molecule has 1 aliphatic rings. The highest BCUT2D eigenvalue weighted by molar-refractivity contribution is 7.91. The Bertz CT molecular complexity index is 998. The van der Waals surface area contributed by atoms with E-state index in [1.165, 1.54) is 0 Å². The van der Waals surface area contributed by atoms with Gasteiger partial charge < -0.3 is 4.90 Å². The number of benzene rings is 1. The number of sulfone groups is 1. The van der Waals surface area contributed by atoms with Gasteiger partial charge in [0, 0.05) is 30.7 Å². The van der Waals surface area contributed by atoms with E-state index in [2.05, 4.69) is 9.97 Å². The molecule has 0 N–H and O–H groups in total. The van der Waals surface area contributed by atoms with E-state index in [-0.39, 0.29) is 36.8 Å². The Morgan fingerprint density at radius 2 is 1.89 bits per heavy atom. The lowest BCUT2D eigenvalue weighted by Crippen LogP contribution is -2.44. The van der Waals surface area contributed by atoms with Crippen LogP contribution in [0, 0.1) is 0 Å². The van der Waals surface area contributed by atoms with E-state index in [4.69, 9.17) is 11.6 Å². The minimum Gasteiger partial charge on any atom is -0.336 e. The van der Waals surface area contributed by atoms with Crippen LogP contribution >= 0.6 is 11.6 Å². The van der Waals surface area contributed by atoms with Gasteiger partial charge in [-0.15, -0.1) is 0 Å². The zero-order valence-electron chi connectivity index (χ0n) is 14.4. The highest BCUT2D eigenvalue weighted by Crippen LogP contribution is 2.31. The maximum absolute atomic E-state index is 13.5. The van der Waals surface area contributed by atoms with Crippen molar-refractivity contribution >= 4 is 27.3 Å². The molecule has 0 atom stereocenters. The van der Waals surface area contributed by atoms with Crippen molar-refractivity contribution in [1.29, 1.82) is 0 Å². The van der Waals surface area contributed by atoms with Crippen molar-refractivity contribution in [2.24, 2.45) is 0 Å². The Labute approximate surface area is 164 Å². The van der Waals surface area contributed by atoms with Gasteiger partial charge in [0.2, 0.25) is 0 Å². The lowest BCUT2D eigenvalue weighted by atomic mass is 10.1. The van der Waals surface area contributed by atoms with Crippen LogP contribution in [0.2, 0.25) is 5.02 Å². The Balaban J connectivity index is 1.90. The predicted octanol–water partition coefficient (Wildman–Crippen LogP) is 2.61. The molecule has 11 heteroatoms. The molecule has 1 amide bonds. The number of amides is 1. The first-order chi connectivity index (χ1) is 13.0. The van der Waals surface area contributed by atoms with Gasteiger partial charge >= 0.3 is 6.18 Å². The lowest BCUT2D eigenvalue weighted by molar-refractivity contribution is -0.141. The summed E-state index contributed by atoms with van der Waals surface area (Å²) in [4.78, 5) is 21.1. The van der Waals surface area contributed by atoms with Crippen LogP contribution in [0.25, 0.3) is 0 Å². The molecule has 6 nitrogen and oxygen atoms in total. The Morgan fingerprint density at radius 3 is 2.50 bits per heavy atom. The van der Waals surface area contributed by atoms with Crippen molar-refractivity contribution in [3.05, 3.63) is 58.1 Å². The minimum absolute atomic E-state index is 0.0140. The second-order valence-electron chi connectivity index (χ2n) is 6.30. The molecule has 150 valence electrons. The van der Waals surface area contributed by atoms with E-state index in [1.807, 2.05) is 0 Å². The van der Waals surface area contributed by atoms with E-state index in [1.54, 1.807) is 24.3 Å². The number of rotatable bonds is 3. The largest absolute Gasteiger partial charge is 0.434 e. The fourth-order valence-electron chi connectivity index (χ4n) is 2.79. The molecule has 1 fully saturated rings. The SMILES string of the molecule is O=C(c1cnc(Cc2cccc(Cl)c2)nc1C(F)(F)F)N1CCS(=O)(=O)CC1. The van der Waals surface area contributed by atoms with E-state index < -0.39 is 33.2 Å². The number of aromatic nitrogens is 2. The number of carbonyl (C=O) groups excluding carboxylic acids is 1. The zero-order valence-corrected chi connectivity index (χ0v) is 16.0. The smallest absolute Gasteiger partial charge is 0.336 e. The van der Waals surface area contributed by atoms with Gasteiger partial charge in [-0.2, -0.15) is 13.2 Å². The van der Waals surface area contributed by atoms with E-state index in [0.717, 1.165) is 11.1 Å². The number of hydrogen-bond acceptors (Lipinski definition) is 5. The summed E-state index contributed by atoms with van der Waals surface area (Å²) < 4.78 is 63.5. The summed E-state index contributed by atoms with van der Waals surface area (Å²) in [6, 6.07) is 6.55. The summed E-state index contributed by atoms with van der Waals surface area (Å²) in [6.45, 7) is -0.328. The first-order valence-corrected chi connectivity index (χ1v) is 10.4. The average molecular weight is 434 g/mol. The first-order valence-electron chi connectivity index (χ1n) is 8.22. The van der Waals surface area contributed by atoms with Crippen LogP contribution in [0.5, 0.6) is 0 Å². The fraction of sp³-hybridized carbons (Fsp3) is 0.353. The van der Waals surface area contributed by atoms with Crippen LogP contribution < -0.4 is 0 Å². The van der Waals surface area contributed by atoms with Gasteiger partial charge in [0.05, 0.1) is 17.1 Å². The lowest BCUT2D eigenvalue weighted by Gasteiger charge is -2.27. The van der Waals surface area contributed by atoms with Crippen molar-refractivity contribution in [1.82, 2.24) is 14.9 Å². The van der Waals surface area contributed by atoms with Crippen molar-refractivity contribution < 1.29 is 26.4 Å². The van der Waals surface area contributed by atoms with Crippen molar-refractivity contribution in [3.63, 3.8) is 0 Å². The third kappa shape index (κ3) is 4.79. The molecule has 3 rings (SSSR count). The van der Waals surface area contributed by atoms with Gasteiger partial charge in [-0.3, -0.25) is 4.79 Å². The highest BCUT2D eigenvalue weighted by Gasteiger charge is 2.39. The number of carbonyl (C=O) groups is 1. The molecule has 0 aliphatic carbocycles. The molecular formula is C17H15ClF3N3O3S. The van der Waals surface area contributed by atoms with Crippen LogP contribution in [0.4, 0.5) is 13.2 Å². The summed E-state index contributed by atoms with van der Waals surface area (Å²) in [7, 11) is -3.27. The molecular weight excluding hydrogens is 419 g/mol. The fourth-order valence-corrected chi connectivity index (χ4v) is 4.21. The third-order valence-corrected chi connectivity index (χ3v) is 6.06. The van der Waals surface area contributed by atoms with Crippen LogP contribution in [-0.2, 0) is 22.4 Å². The third-order valence-electron chi connectivity index (χ3n) is 4.22. The predicted molar refractivity (Wildman–Crippen MR) is 95.8 cm³/mol. The Hall–Kier alpha value is -2.20. The zero-order chi connectivity index (χ0) is 20.5. The van der Waals surface area contributed by atoms with Crippen LogP contribution in [-0.4, -0.2) is 53.8 Å². The molecule has 0 radical (unpaired) electrons. The summed E-state index contributed by atoms with van der Waals surface area (Å²) >= 11 is 5.87. The van der Waals surface area contributed by atoms with Gasteiger partial charge in [0.25, 0.3) is 5.91 Å². The first kappa shape index (κ1) is 20.5. The van der Waals surface area contributed by atoms with Crippen LogP contribution in [0.1, 0.15) is 27.4 Å². The molecule has 2 aromatic rings. The molecule has 0 unspecified atom stereocenters. The van der Waals surface area contributed by atoms with Crippen molar-refractivity contribution in [3.8, 4) is 0 Å². The summed E-state index contributed by atoms with van der Waals surface area (Å²) in [5.41, 5.74) is -1.40. The second-order valence-corrected chi connectivity index (χ2v) is 9.04. The van der Waals surface area contributed by atoms with Gasteiger partial charge in [0.1, 0.15) is 5.82 Å². The van der Waals surface area contributed by atoms with Gasteiger partial charge in [-0.05, 0) is 17.7 Å². The maximum Gasteiger partial charge on any atom is 0.434 e. The number of hydrogen-bond donors (Lipinski definition) is 0. The summed E-state index contributed by atoms with van der Waals surface area (Å²) in [5.74, 6) is -1.61. The maximum atomic E-state index is 13.5. The van der Waals surface area contributed by atoms with Crippen LogP contribution in [0.15, 0.2) is 30.5 Å². The molecule has 2 heterocycles. The number of alkyl halides is 3. The Morgan fingerprint density at radius 1 is 1.21 bits per heavy atom. The van der Waals surface area contributed by atoms with E-state index >= 15 is 0 Å². The molecule has 0 bridgehead atoms. The van der Waals surface area contributed by atoms with Gasteiger partial charge in [-0.25, -0.2) is 18.4 Å². The van der Waals surface area contributed by atoms with Crippen LogP contribution in [0.3, 0.4) is 0 Å². The van der Waals surface area contributed by atoms with E-state index in [9.17, 15) is 26.4 Å². The average Bonchev–Trinajstić information content (AvgIpc) is 2.60. The van der Waals surface area contributed by atoms with Gasteiger partial charge in [0.15, 0.2) is 15.5 Å². The molecule has 1 saturated heterocycles.